The Kier molecular flexibility index (Phi) is 8.31. The molecule has 6 nitrogen and oxygen atoms in total. The molecule has 5 rings (SSSR count). The quantitative estimate of drug-likeness (QED) is 0.484. The van der Waals surface area contributed by atoms with E-state index in [9.17, 15) is 10.2 Å². The first-order valence-electron chi connectivity index (χ1n) is 13.0. The van der Waals surface area contributed by atoms with Crippen LogP contribution < -0.4 is 4.90 Å². The van der Waals surface area contributed by atoms with Gasteiger partial charge >= 0.3 is 0 Å². The lowest BCUT2D eigenvalue weighted by Crippen LogP contribution is -2.57. The van der Waals surface area contributed by atoms with Crippen LogP contribution in [0.5, 0.6) is 0 Å². The molecule has 2 saturated heterocycles. The Balaban J connectivity index is 1.31. The van der Waals surface area contributed by atoms with Crippen LogP contribution in [-0.2, 0) is 17.8 Å². The molecule has 0 aromatic heterocycles. The number of ether oxygens (including phenoxy) is 1. The molecule has 36 heavy (non-hydrogen) atoms. The molecule has 0 radical (unpaired) electrons. The Morgan fingerprint density at radius 1 is 0.722 bits per heavy atom. The van der Waals surface area contributed by atoms with Crippen molar-refractivity contribution in [3.8, 4) is 0 Å². The second kappa shape index (κ2) is 12.0. The van der Waals surface area contributed by atoms with Gasteiger partial charge in [-0.05, 0) is 23.3 Å². The lowest BCUT2D eigenvalue weighted by molar-refractivity contribution is -0.0325. The van der Waals surface area contributed by atoms with Crippen molar-refractivity contribution < 1.29 is 14.9 Å². The van der Waals surface area contributed by atoms with Crippen molar-refractivity contribution in [2.75, 3.05) is 44.2 Å². The van der Waals surface area contributed by atoms with Crippen LogP contribution in [0.2, 0.25) is 0 Å². The normalized spacial score (nSPS) is 24.9. The summed E-state index contributed by atoms with van der Waals surface area (Å²) in [6.07, 6.45) is -1.45. The summed E-state index contributed by atoms with van der Waals surface area (Å²) in [6, 6.07) is 31.3. The summed E-state index contributed by atoms with van der Waals surface area (Å²) in [6.45, 7) is 5.62. The molecule has 2 aliphatic rings. The Morgan fingerprint density at radius 3 is 1.78 bits per heavy atom. The van der Waals surface area contributed by atoms with Crippen LogP contribution in [-0.4, -0.2) is 83.7 Å². The number of para-hydroxylation sites is 1. The SMILES string of the molecule is OCC1OC(CN(Cc2ccccc2)Cc2ccccc2)C(N2CCN(c3ccccc3)CC2)C1O. The van der Waals surface area contributed by atoms with Crippen LogP contribution in [0.3, 0.4) is 0 Å². The van der Waals surface area contributed by atoms with Crippen molar-refractivity contribution >= 4 is 5.69 Å². The highest BCUT2D eigenvalue weighted by Crippen LogP contribution is 2.29. The van der Waals surface area contributed by atoms with Crippen LogP contribution in [0, 0.1) is 0 Å². The van der Waals surface area contributed by atoms with Gasteiger partial charge in [0.05, 0.1) is 18.8 Å². The van der Waals surface area contributed by atoms with E-state index in [0.29, 0.717) is 6.54 Å². The zero-order valence-electron chi connectivity index (χ0n) is 20.8. The Labute approximate surface area is 214 Å². The molecule has 4 unspecified atom stereocenters. The van der Waals surface area contributed by atoms with Gasteiger partial charge in [-0.25, -0.2) is 0 Å². The van der Waals surface area contributed by atoms with Crippen molar-refractivity contribution in [1.29, 1.82) is 0 Å². The summed E-state index contributed by atoms with van der Waals surface area (Å²) in [4.78, 5) is 7.16. The van der Waals surface area contributed by atoms with Crippen LogP contribution in [0.1, 0.15) is 11.1 Å². The minimum absolute atomic E-state index is 0.144. The van der Waals surface area contributed by atoms with Crippen molar-refractivity contribution in [2.45, 2.75) is 37.4 Å². The molecule has 2 heterocycles. The number of benzene rings is 3. The van der Waals surface area contributed by atoms with Gasteiger partial charge in [-0.1, -0.05) is 78.9 Å². The highest BCUT2D eigenvalue weighted by atomic mass is 16.5. The molecule has 2 N–H and O–H groups in total. The molecule has 2 fully saturated rings. The first-order chi connectivity index (χ1) is 17.7. The van der Waals surface area contributed by atoms with Gasteiger partial charge in [-0.15, -0.1) is 0 Å². The first-order valence-corrected chi connectivity index (χ1v) is 13.0. The molecule has 0 saturated carbocycles. The third kappa shape index (κ3) is 5.97. The number of hydrogen-bond acceptors (Lipinski definition) is 6. The van der Waals surface area contributed by atoms with Crippen LogP contribution in [0.4, 0.5) is 5.69 Å². The molecular weight excluding hydrogens is 450 g/mol. The van der Waals surface area contributed by atoms with E-state index in [-0.39, 0.29) is 18.8 Å². The van der Waals surface area contributed by atoms with E-state index in [0.717, 1.165) is 39.3 Å². The second-order valence-electron chi connectivity index (χ2n) is 9.88. The van der Waals surface area contributed by atoms with Gasteiger partial charge in [0.1, 0.15) is 12.2 Å². The lowest BCUT2D eigenvalue weighted by atomic mass is 10.0. The average molecular weight is 488 g/mol. The molecule has 3 aromatic rings. The van der Waals surface area contributed by atoms with Crippen molar-refractivity contribution in [2.24, 2.45) is 0 Å². The predicted molar refractivity (Wildman–Crippen MR) is 143 cm³/mol. The molecule has 0 bridgehead atoms. The maximum Gasteiger partial charge on any atom is 0.109 e. The molecule has 2 aliphatic heterocycles. The fraction of sp³-hybridized carbons (Fsp3) is 0.400. The molecule has 3 aromatic carbocycles. The molecule has 4 atom stereocenters. The van der Waals surface area contributed by atoms with Crippen molar-refractivity contribution in [3.05, 3.63) is 102 Å². The number of anilines is 1. The summed E-state index contributed by atoms with van der Waals surface area (Å²) < 4.78 is 6.31. The summed E-state index contributed by atoms with van der Waals surface area (Å²) in [5.74, 6) is 0. The largest absolute Gasteiger partial charge is 0.394 e. The van der Waals surface area contributed by atoms with E-state index in [1.54, 1.807) is 0 Å². The van der Waals surface area contributed by atoms with Crippen molar-refractivity contribution in [3.63, 3.8) is 0 Å². The van der Waals surface area contributed by atoms with Crippen LogP contribution in [0.25, 0.3) is 0 Å². The van der Waals surface area contributed by atoms with Gasteiger partial charge in [-0.3, -0.25) is 9.80 Å². The van der Waals surface area contributed by atoms with Gasteiger partial charge in [0.25, 0.3) is 0 Å². The summed E-state index contributed by atoms with van der Waals surface area (Å²) in [5.41, 5.74) is 3.74. The smallest absolute Gasteiger partial charge is 0.109 e. The number of rotatable bonds is 9. The molecular formula is C30H37N3O3. The Morgan fingerprint density at radius 2 is 1.25 bits per heavy atom. The van der Waals surface area contributed by atoms with Gasteiger partial charge in [0.15, 0.2) is 0 Å². The zero-order chi connectivity index (χ0) is 24.7. The van der Waals surface area contributed by atoms with Gasteiger partial charge < -0.3 is 19.8 Å². The van der Waals surface area contributed by atoms with Gasteiger partial charge in [0.2, 0.25) is 0 Å². The maximum absolute atomic E-state index is 11.2. The third-order valence-electron chi connectivity index (χ3n) is 7.43. The van der Waals surface area contributed by atoms with E-state index in [2.05, 4.69) is 87.5 Å². The summed E-state index contributed by atoms with van der Waals surface area (Å²) >= 11 is 0. The average Bonchev–Trinajstić information content (AvgIpc) is 3.25. The Hall–Kier alpha value is -2.74. The highest BCUT2D eigenvalue weighted by Gasteiger charge is 2.47. The lowest BCUT2D eigenvalue weighted by Gasteiger charge is -2.42. The summed E-state index contributed by atoms with van der Waals surface area (Å²) in [5, 5.41) is 21.1. The topological polar surface area (TPSA) is 59.4 Å². The van der Waals surface area contributed by atoms with E-state index in [1.165, 1.54) is 16.8 Å². The number of aliphatic hydroxyl groups is 2. The minimum atomic E-state index is -0.710. The molecule has 0 amide bonds. The fourth-order valence-corrected chi connectivity index (χ4v) is 5.62. The van der Waals surface area contributed by atoms with Crippen LogP contribution >= 0.6 is 0 Å². The fourth-order valence-electron chi connectivity index (χ4n) is 5.62. The van der Waals surface area contributed by atoms with E-state index in [1.807, 2.05) is 18.2 Å². The number of hydrogen-bond donors (Lipinski definition) is 2. The predicted octanol–water partition coefficient (Wildman–Crippen LogP) is 3.00. The molecule has 6 heteroatoms. The Bertz CT molecular complexity index is 1000. The summed E-state index contributed by atoms with van der Waals surface area (Å²) in [7, 11) is 0. The first kappa shape index (κ1) is 24.9. The van der Waals surface area contributed by atoms with Gasteiger partial charge in [-0.2, -0.15) is 0 Å². The zero-order valence-corrected chi connectivity index (χ0v) is 20.8. The second-order valence-corrected chi connectivity index (χ2v) is 9.88. The number of nitrogens with zero attached hydrogens (tertiary/aromatic N) is 3. The number of aliphatic hydroxyl groups excluding tert-OH is 2. The standard InChI is InChI=1S/C30H37N3O3/c34-23-28-30(35)29(33-18-16-32(17-19-33)26-14-8-3-9-15-26)27(36-28)22-31(20-24-10-4-1-5-11-24)21-25-12-6-2-7-13-25/h1-15,27-30,34-35H,16-23H2. The monoisotopic (exact) mass is 487 g/mol. The number of piperazine rings is 1. The van der Waals surface area contributed by atoms with E-state index >= 15 is 0 Å². The molecule has 190 valence electrons. The van der Waals surface area contributed by atoms with Crippen LogP contribution in [0.15, 0.2) is 91.0 Å². The van der Waals surface area contributed by atoms with Gasteiger partial charge in [0, 0.05) is 51.5 Å². The molecule has 0 spiro atoms. The highest BCUT2D eigenvalue weighted by molar-refractivity contribution is 5.46. The minimum Gasteiger partial charge on any atom is -0.394 e. The maximum atomic E-state index is 11.2. The molecule has 0 aliphatic carbocycles. The third-order valence-corrected chi connectivity index (χ3v) is 7.43. The van der Waals surface area contributed by atoms with Crippen molar-refractivity contribution in [1.82, 2.24) is 9.80 Å². The van der Waals surface area contributed by atoms with E-state index in [4.69, 9.17) is 4.74 Å². The van der Waals surface area contributed by atoms with E-state index < -0.39 is 12.2 Å².